The largest absolute Gasteiger partial charge is 0.477 e. The monoisotopic (exact) mass is 451 g/mol. The van der Waals surface area contributed by atoms with Crippen LogP contribution < -0.4 is 14.8 Å². The van der Waals surface area contributed by atoms with E-state index in [2.05, 4.69) is 41.2 Å². The lowest BCUT2D eigenvalue weighted by Gasteiger charge is -2.24. The van der Waals surface area contributed by atoms with Crippen LogP contribution in [0.5, 0.6) is 11.8 Å². The van der Waals surface area contributed by atoms with Gasteiger partial charge in [-0.05, 0) is 32.4 Å². The molecular weight excluding hydrogens is 425 g/mol. The highest BCUT2D eigenvalue weighted by atomic mass is 35.5. The molecule has 30 heavy (non-hydrogen) atoms. The number of nitrogens with one attached hydrogen (secondary N) is 1. The Morgan fingerprint density at radius 1 is 1.13 bits per heavy atom. The number of ether oxygens (including phenoxy) is 2. The van der Waals surface area contributed by atoms with E-state index in [1.54, 1.807) is 6.07 Å². The fourth-order valence-electron chi connectivity index (χ4n) is 3.02. The molecule has 1 aromatic carbocycles. The van der Waals surface area contributed by atoms with Gasteiger partial charge in [0.1, 0.15) is 0 Å². The van der Waals surface area contributed by atoms with Crippen LogP contribution >= 0.6 is 23.2 Å². The summed E-state index contributed by atoms with van der Waals surface area (Å²) in [6.07, 6.45) is 3.83. The molecule has 0 aliphatic heterocycles. The molecule has 0 bridgehead atoms. The minimum atomic E-state index is 0.120. The maximum Gasteiger partial charge on any atom is 0.278 e. The molecular formula is C21H27Cl2N5O2. The van der Waals surface area contributed by atoms with E-state index in [0.29, 0.717) is 33.5 Å². The molecule has 0 saturated heterocycles. The van der Waals surface area contributed by atoms with Gasteiger partial charge in [0.25, 0.3) is 11.8 Å². The zero-order valence-corrected chi connectivity index (χ0v) is 19.4. The van der Waals surface area contributed by atoms with Crippen molar-refractivity contribution >= 4 is 34.2 Å². The molecule has 9 heteroatoms. The lowest BCUT2D eigenvalue weighted by molar-refractivity contribution is 0.334. The second-order valence-corrected chi connectivity index (χ2v) is 8.46. The average Bonchev–Trinajstić information content (AvgIpc) is 3.17. The van der Waals surface area contributed by atoms with Crippen LogP contribution in [0.1, 0.15) is 38.4 Å². The van der Waals surface area contributed by atoms with Crippen molar-refractivity contribution in [3.8, 4) is 11.8 Å². The molecule has 0 radical (unpaired) electrons. The Labute approximate surface area is 186 Å². The predicted molar refractivity (Wildman–Crippen MR) is 120 cm³/mol. The summed E-state index contributed by atoms with van der Waals surface area (Å²) in [5.41, 5.74) is 3.03. The van der Waals surface area contributed by atoms with Crippen molar-refractivity contribution in [1.29, 1.82) is 0 Å². The van der Waals surface area contributed by atoms with Crippen molar-refractivity contribution in [2.75, 3.05) is 20.8 Å². The van der Waals surface area contributed by atoms with Gasteiger partial charge in [0, 0.05) is 30.3 Å². The summed E-state index contributed by atoms with van der Waals surface area (Å²) in [5, 5.41) is 9.05. The number of halogens is 2. The van der Waals surface area contributed by atoms with E-state index in [9.17, 15) is 0 Å². The first-order chi connectivity index (χ1) is 14.3. The molecule has 0 amide bonds. The van der Waals surface area contributed by atoms with Crippen LogP contribution in [0.4, 0.5) is 0 Å². The van der Waals surface area contributed by atoms with Crippen LogP contribution in [0.2, 0.25) is 10.0 Å². The number of nitrogens with zero attached hydrogens (tertiary/aromatic N) is 4. The molecule has 0 unspecified atom stereocenters. The van der Waals surface area contributed by atoms with Gasteiger partial charge < -0.3 is 14.8 Å². The van der Waals surface area contributed by atoms with Crippen LogP contribution in [0.15, 0.2) is 18.3 Å². The van der Waals surface area contributed by atoms with Crippen LogP contribution in [-0.4, -0.2) is 46.1 Å². The van der Waals surface area contributed by atoms with Crippen LogP contribution in [-0.2, 0) is 13.0 Å². The zero-order valence-electron chi connectivity index (χ0n) is 17.9. The highest BCUT2D eigenvalue weighted by molar-refractivity contribution is 6.43. The number of aromatic nitrogens is 4. The Bertz CT molecular complexity index is 1040. The molecule has 1 N–H and O–H groups in total. The van der Waals surface area contributed by atoms with E-state index in [1.807, 2.05) is 16.9 Å². The van der Waals surface area contributed by atoms with E-state index >= 15 is 0 Å². The highest BCUT2D eigenvalue weighted by Crippen LogP contribution is 2.35. The third-order valence-corrected chi connectivity index (χ3v) is 5.98. The summed E-state index contributed by atoms with van der Waals surface area (Å²) in [5.74, 6) is 0.577. The van der Waals surface area contributed by atoms with E-state index in [1.165, 1.54) is 14.2 Å². The molecule has 7 nitrogen and oxygen atoms in total. The van der Waals surface area contributed by atoms with Gasteiger partial charge in [0.15, 0.2) is 0 Å². The molecule has 0 atom stereocenters. The van der Waals surface area contributed by atoms with Gasteiger partial charge in [0.05, 0.1) is 47.5 Å². The number of hydrogen-bond donors (Lipinski definition) is 1. The summed E-state index contributed by atoms with van der Waals surface area (Å²) >= 11 is 12.9. The Hall–Kier alpha value is -2.09. The minimum absolute atomic E-state index is 0.120. The summed E-state index contributed by atoms with van der Waals surface area (Å²) < 4.78 is 12.4. The van der Waals surface area contributed by atoms with E-state index in [-0.39, 0.29) is 11.4 Å². The molecule has 0 saturated carbocycles. The smallest absolute Gasteiger partial charge is 0.278 e. The number of methoxy groups -OCH3 is 2. The first-order valence-electron chi connectivity index (χ1n) is 9.82. The van der Waals surface area contributed by atoms with Gasteiger partial charge in [-0.2, -0.15) is 5.10 Å². The number of hydrogen-bond acceptors (Lipinski definition) is 6. The van der Waals surface area contributed by atoms with Crippen molar-refractivity contribution in [2.45, 2.75) is 45.7 Å². The Kier molecular flexibility index (Phi) is 7.06. The molecule has 3 aromatic rings. The van der Waals surface area contributed by atoms with Gasteiger partial charge in [-0.1, -0.05) is 30.1 Å². The second-order valence-electron chi connectivity index (χ2n) is 7.68. The Balaban J connectivity index is 1.87. The topological polar surface area (TPSA) is 74.1 Å². The average molecular weight is 452 g/mol. The minimum Gasteiger partial charge on any atom is -0.477 e. The highest BCUT2D eigenvalue weighted by Gasteiger charge is 2.18. The fourth-order valence-corrected chi connectivity index (χ4v) is 3.44. The summed E-state index contributed by atoms with van der Waals surface area (Å²) in [4.78, 5) is 9.01. The first-order valence-corrected chi connectivity index (χ1v) is 10.6. The lowest BCUT2D eigenvalue weighted by atomic mass is 10.0. The van der Waals surface area contributed by atoms with Crippen LogP contribution in [0.3, 0.4) is 0 Å². The predicted octanol–water partition coefficient (Wildman–Crippen LogP) is 4.52. The number of fused-ring (bicyclic) bond motifs is 1. The van der Waals surface area contributed by atoms with E-state index in [4.69, 9.17) is 32.7 Å². The van der Waals surface area contributed by atoms with E-state index < -0.39 is 0 Å². The van der Waals surface area contributed by atoms with E-state index in [0.717, 1.165) is 30.6 Å². The molecule has 162 valence electrons. The van der Waals surface area contributed by atoms with Crippen molar-refractivity contribution in [3.63, 3.8) is 0 Å². The molecule has 0 spiro atoms. The standard InChI is InChI=1S/C21H27Cl2N5O2/c1-6-21(2,3)24-9-7-13-8-10-28(27-13)12-14-17(23)15(22)11-16-18(14)26-20(30-5)19(25-16)29-4/h8,10-11,24H,6-7,9,12H2,1-5H3. The van der Waals surface area contributed by atoms with Crippen molar-refractivity contribution in [1.82, 2.24) is 25.1 Å². The molecule has 3 rings (SSSR count). The fraction of sp³-hybridized carbons (Fsp3) is 0.476. The first kappa shape index (κ1) is 22.6. The normalized spacial score (nSPS) is 11.8. The maximum atomic E-state index is 6.52. The molecule has 0 aliphatic carbocycles. The summed E-state index contributed by atoms with van der Waals surface area (Å²) in [6.45, 7) is 7.84. The second kappa shape index (κ2) is 9.37. The van der Waals surface area contributed by atoms with Crippen molar-refractivity contribution in [2.24, 2.45) is 0 Å². The SMILES string of the molecule is CCC(C)(C)NCCc1ccn(Cc2c(Cl)c(Cl)cc3nc(OC)c(OC)nc23)n1. The summed E-state index contributed by atoms with van der Waals surface area (Å²) in [6, 6.07) is 3.68. The summed E-state index contributed by atoms with van der Waals surface area (Å²) in [7, 11) is 3.03. The van der Waals surface area contributed by atoms with Crippen LogP contribution in [0.25, 0.3) is 11.0 Å². The maximum absolute atomic E-state index is 6.52. The lowest BCUT2D eigenvalue weighted by Crippen LogP contribution is -2.39. The number of rotatable bonds is 9. The third kappa shape index (κ3) is 4.96. The Morgan fingerprint density at radius 3 is 2.50 bits per heavy atom. The number of benzene rings is 1. The van der Waals surface area contributed by atoms with Crippen molar-refractivity contribution < 1.29 is 9.47 Å². The zero-order chi connectivity index (χ0) is 21.9. The Morgan fingerprint density at radius 2 is 1.83 bits per heavy atom. The van der Waals surface area contributed by atoms with Crippen LogP contribution in [0, 0.1) is 0 Å². The molecule has 2 aromatic heterocycles. The van der Waals surface area contributed by atoms with Gasteiger partial charge in [-0.25, -0.2) is 9.97 Å². The molecule has 0 fully saturated rings. The quantitative estimate of drug-likeness (QED) is 0.515. The third-order valence-electron chi connectivity index (χ3n) is 5.16. The van der Waals surface area contributed by atoms with Gasteiger partial charge >= 0.3 is 0 Å². The van der Waals surface area contributed by atoms with Gasteiger partial charge in [0.2, 0.25) is 0 Å². The molecule has 0 aliphatic rings. The van der Waals surface area contributed by atoms with Crippen molar-refractivity contribution in [3.05, 3.63) is 39.6 Å². The van der Waals surface area contributed by atoms with Gasteiger partial charge in [-0.15, -0.1) is 0 Å². The molecule has 2 heterocycles. The van der Waals surface area contributed by atoms with Gasteiger partial charge in [-0.3, -0.25) is 4.68 Å².